The number of hydrogen-bond donors (Lipinski definition) is 2. The largest absolute Gasteiger partial charge is 0.525 e. The summed E-state index contributed by atoms with van der Waals surface area (Å²) in [6.07, 6.45) is -3.40. The van der Waals surface area contributed by atoms with Crippen molar-refractivity contribution in [3.8, 4) is 16.9 Å². The van der Waals surface area contributed by atoms with Gasteiger partial charge in [-0.1, -0.05) is 86.1 Å². The second kappa shape index (κ2) is 15.4. The molecule has 1 aliphatic rings. The number of carboxylic acid groups (broad SMARTS) is 1. The van der Waals surface area contributed by atoms with Crippen LogP contribution in [0, 0.1) is 0 Å². The summed E-state index contributed by atoms with van der Waals surface area (Å²) in [5.41, 5.74) is 3.78. The van der Waals surface area contributed by atoms with Gasteiger partial charge in [-0.3, -0.25) is 4.79 Å². The summed E-state index contributed by atoms with van der Waals surface area (Å²) in [7, 11) is 0. The van der Waals surface area contributed by atoms with Crippen LogP contribution < -0.4 is 10.1 Å². The molecule has 8 nitrogen and oxygen atoms in total. The first-order chi connectivity index (χ1) is 23.5. The second-order valence-electron chi connectivity index (χ2n) is 12.0. The van der Waals surface area contributed by atoms with Gasteiger partial charge in [0.05, 0.1) is 18.1 Å². The number of hydrogen-bond acceptors (Lipinski definition) is 5. The molecular weight excluding hydrogens is 637 g/mol. The molecule has 0 saturated heterocycles. The molecule has 4 aromatic rings. The van der Waals surface area contributed by atoms with Crippen LogP contribution in [0.25, 0.3) is 11.1 Å². The van der Waals surface area contributed by atoms with E-state index in [0.717, 1.165) is 35.2 Å². The van der Waals surface area contributed by atoms with Crippen LogP contribution in [0.3, 0.4) is 0 Å². The number of ether oxygens (including phenoxy) is 2. The predicted octanol–water partition coefficient (Wildman–Crippen LogP) is 8.34. The quantitative estimate of drug-likeness (QED) is 0.122. The van der Waals surface area contributed by atoms with Crippen LogP contribution in [-0.2, 0) is 35.3 Å². The molecule has 1 heterocycles. The average Bonchev–Trinajstić information content (AvgIpc) is 3.10. The maximum Gasteiger partial charge on any atom is 0.525 e. The molecule has 0 bridgehead atoms. The number of aliphatic carboxylic acids is 1. The molecular formula is C38H38F3N2O6+. The third kappa shape index (κ3) is 8.47. The van der Waals surface area contributed by atoms with E-state index in [4.69, 9.17) is 9.47 Å². The smallest absolute Gasteiger partial charge is 0.489 e. The van der Waals surface area contributed by atoms with Gasteiger partial charge in [-0.05, 0) is 58.5 Å². The molecule has 0 aliphatic carbocycles. The Labute approximate surface area is 282 Å². The maximum atomic E-state index is 14.0. The Balaban J connectivity index is 1.32. The van der Waals surface area contributed by atoms with E-state index in [9.17, 15) is 32.7 Å². The molecule has 5 rings (SSSR count). The van der Waals surface area contributed by atoms with E-state index in [0.29, 0.717) is 35.3 Å². The molecule has 0 fully saturated rings. The lowest BCUT2D eigenvalue weighted by Gasteiger charge is -2.35. The van der Waals surface area contributed by atoms with Crippen LogP contribution in [0.1, 0.15) is 53.5 Å². The number of imide groups is 1. The minimum absolute atomic E-state index is 0.0133. The molecule has 0 radical (unpaired) electrons. The minimum Gasteiger partial charge on any atom is -0.489 e. The van der Waals surface area contributed by atoms with Gasteiger partial charge in [0.25, 0.3) is 0 Å². The van der Waals surface area contributed by atoms with Crippen LogP contribution in [0.2, 0.25) is 0 Å². The van der Waals surface area contributed by atoms with E-state index in [2.05, 4.69) is 5.32 Å². The standard InChI is InChI=1S/C38H37F3N2O6/c1-2-3-21-48-37(47)43(36(46)42-23-34(35(44)45)30-13-11-28(12-14-30)27-7-5-4-6-8-27)20-19-29-15-18-33(22-31(29)24-43)49-25-26-9-16-32(17-10-26)38(39,40)41/h4-18,22,34H,2-3,19-21,23-25H2,1H3,(H-,42,44,45,46)/p+1. The number of nitrogens with zero attached hydrogens (tertiary/aromatic N) is 1. The van der Waals surface area contributed by atoms with Gasteiger partial charge >= 0.3 is 24.3 Å². The number of urea groups is 1. The number of alkyl halides is 3. The van der Waals surface area contributed by atoms with Crippen molar-refractivity contribution in [2.45, 2.75) is 51.4 Å². The van der Waals surface area contributed by atoms with Gasteiger partial charge in [-0.2, -0.15) is 18.0 Å². The van der Waals surface area contributed by atoms with Crippen molar-refractivity contribution in [1.82, 2.24) is 5.32 Å². The fraction of sp³-hybridized carbons (Fsp3) is 0.289. The summed E-state index contributed by atoms with van der Waals surface area (Å²) in [5, 5.41) is 12.8. The summed E-state index contributed by atoms with van der Waals surface area (Å²) in [4.78, 5) is 39.9. The van der Waals surface area contributed by atoms with Crippen LogP contribution in [0.4, 0.5) is 22.8 Å². The Kier molecular flexibility index (Phi) is 11.0. The molecule has 0 spiro atoms. The van der Waals surface area contributed by atoms with E-state index in [1.54, 1.807) is 24.3 Å². The van der Waals surface area contributed by atoms with E-state index in [1.807, 2.05) is 55.5 Å². The van der Waals surface area contributed by atoms with Crippen LogP contribution in [0.5, 0.6) is 5.75 Å². The Hall–Kier alpha value is -5.16. The average molecular weight is 676 g/mol. The molecule has 2 N–H and O–H groups in total. The molecule has 2 atom stereocenters. The van der Waals surface area contributed by atoms with Crippen molar-refractivity contribution in [3.05, 3.63) is 125 Å². The van der Waals surface area contributed by atoms with Gasteiger partial charge in [0.1, 0.15) is 25.4 Å². The van der Waals surface area contributed by atoms with E-state index in [1.165, 1.54) is 12.1 Å². The lowest BCUT2D eigenvalue weighted by molar-refractivity contribution is -0.794. The number of benzene rings is 4. The lowest BCUT2D eigenvalue weighted by Crippen LogP contribution is -2.63. The summed E-state index contributed by atoms with van der Waals surface area (Å²) in [6, 6.07) is 26.1. The number of carbonyl (C=O) groups is 3. The highest BCUT2D eigenvalue weighted by atomic mass is 19.4. The number of quaternary nitrogens is 1. The van der Waals surface area contributed by atoms with Gasteiger partial charge in [-0.25, -0.2) is 4.79 Å². The molecule has 0 saturated carbocycles. The molecule has 11 heteroatoms. The molecule has 1 aliphatic heterocycles. The topological polar surface area (TPSA) is 102 Å². The van der Waals surface area contributed by atoms with Crippen molar-refractivity contribution in [1.29, 1.82) is 0 Å². The Bertz CT molecular complexity index is 1760. The monoisotopic (exact) mass is 675 g/mol. The predicted molar refractivity (Wildman–Crippen MR) is 177 cm³/mol. The highest BCUT2D eigenvalue weighted by Crippen LogP contribution is 2.32. The van der Waals surface area contributed by atoms with Gasteiger partial charge in [0.15, 0.2) is 0 Å². The third-order valence-corrected chi connectivity index (χ3v) is 8.70. The number of carboxylic acids is 1. The number of rotatable bonds is 11. The van der Waals surface area contributed by atoms with Crippen molar-refractivity contribution in [3.63, 3.8) is 0 Å². The maximum absolute atomic E-state index is 14.0. The summed E-state index contributed by atoms with van der Waals surface area (Å²) >= 11 is 0. The first-order valence-corrected chi connectivity index (χ1v) is 16.1. The number of amides is 3. The Morgan fingerprint density at radius 3 is 2.24 bits per heavy atom. The van der Waals surface area contributed by atoms with E-state index in [-0.39, 0.29) is 32.8 Å². The molecule has 0 aromatic heterocycles. The van der Waals surface area contributed by atoms with Gasteiger partial charge in [0.2, 0.25) is 0 Å². The van der Waals surface area contributed by atoms with Gasteiger partial charge < -0.3 is 19.9 Å². The normalized spacial score (nSPS) is 16.2. The van der Waals surface area contributed by atoms with Crippen molar-refractivity contribution < 1.29 is 46.6 Å². The number of nitrogens with one attached hydrogen (secondary N) is 1. The summed E-state index contributed by atoms with van der Waals surface area (Å²) < 4.78 is 49.6. The van der Waals surface area contributed by atoms with Crippen LogP contribution in [-0.4, -0.2) is 47.4 Å². The SMILES string of the molecule is CCCCOC(=O)[N+]1(C(=O)NCC(C(=O)O)c2ccc(-c3ccccc3)cc2)CCc2ccc(OCc3ccc(C(F)(F)F)cc3)cc2C1. The minimum atomic E-state index is -4.44. The zero-order valence-electron chi connectivity index (χ0n) is 27.0. The van der Waals surface area contributed by atoms with Crippen molar-refractivity contribution in [2.24, 2.45) is 0 Å². The first kappa shape index (κ1) is 35.2. The fourth-order valence-corrected chi connectivity index (χ4v) is 5.79. The first-order valence-electron chi connectivity index (χ1n) is 16.1. The zero-order valence-corrected chi connectivity index (χ0v) is 27.0. The molecule has 2 unspecified atom stereocenters. The summed E-state index contributed by atoms with van der Waals surface area (Å²) in [6.45, 7) is 1.92. The molecule has 3 amide bonds. The number of fused-ring (bicyclic) bond motifs is 1. The number of unbranched alkanes of at least 4 members (excludes halogenated alkanes) is 1. The van der Waals surface area contributed by atoms with E-state index >= 15 is 0 Å². The zero-order chi connectivity index (χ0) is 35.0. The van der Waals surface area contributed by atoms with Crippen molar-refractivity contribution >= 4 is 18.1 Å². The third-order valence-electron chi connectivity index (χ3n) is 8.70. The van der Waals surface area contributed by atoms with Crippen molar-refractivity contribution in [2.75, 3.05) is 19.7 Å². The molecule has 4 aromatic carbocycles. The van der Waals surface area contributed by atoms with Gasteiger partial charge in [0, 0.05) is 18.5 Å². The Morgan fingerprint density at radius 2 is 1.59 bits per heavy atom. The number of carbonyl (C=O) groups excluding carboxylic acids is 2. The second-order valence-corrected chi connectivity index (χ2v) is 12.0. The van der Waals surface area contributed by atoms with Crippen LogP contribution >= 0.6 is 0 Å². The lowest BCUT2D eigenvalue weighted by atomic mass is 9.96. The van der Waals surface area contributed by atoms with Gasteiger partial charge in [-0.15, -0.1) is 4.48 Å². The molecule has 256 valence electrons. The van der Waals surface area contributed by atoms with Crippen LogP contribution in [0.15, 0.2) is 97.1 Å². The van der Waals surface area contributed by atoms with E-state index < -0.39 is 40.2 Å². The highest BCUT2D eigenvalue weighted by Gasteiger charge is 2.49. The Morgan fingerprint density at radius 1 is 0.898 bits per heavy atom. The highest BCUT2D eigenvalue weighted by molar-refractivity contribution is 5.82. The fourth-order valence-electron chi connectivity index (χ4n) is 5.79. The number of halogens is 3. The molecule has 49 heavy (non-hydrogen) atoms. The summed E-state index contributed by atoms with van der Waals surface area (Å²) in [5.74, 6) is -1.76.